The number of hydrogen-bond acceptors (Lipinski definition) is 3. The van der Waals surface area contributed by atoms with Gasteiger partial charge < -0.3 is 10.6 Å². The number of fused-ring (bicyclic) bond motifs is 1. The van der Waals surface area contributed by atoms with Gasteiger partial charge >= 0.3 is 0 Å². The molecule has 0 bridgehead atoms. The van der Waals surface area contributed by atoms with Crippen molar-refractivity contribution in [2.45, 2.75) is 51.1 Å². The number of carbonyl (C=O) groups excluding carboxylic acids is 1. The van der Waals surface area contributed by atoms with Crippen LogP contribution in [-0.2, 0) is 11.2 Å². The quantitative estimate of drug-likeness (QED) is 0.865. The van der Waals surface area contributed by atoms with Crippen LogP contribution in [-0.4, -0.2) is 23.4 Å². The van der Waals surface area contributed by atoms with E-state index in [9.17, 15) is 4.79 Å². The molecule has 0 radical (unpaired) electrons. The van der Waals surface area contributed by atoms with Crippen molar-refractivity contribution < 1.29 is 4.79 Å². The normalized spacial score (nSPS) is 29.5. The Morgan fingerprint density at radius 3 is 3.00 bits per heavy atom. The molecule has 2 aliphatic rings. The number of halogens is 1. The summed E-state index contributed by atoms with van der Waals surface area (Å²) in [4.78, 5) is 16.3. The molecule has 1 saturated carbocycles. The fourth-order valence-electron chi connectivity index (χ4n) is 3.50. The van der Waals surface area contributed by atoms with Gasteiger partial charge in [0.25, 0.3) is 0 Å². The lowest BCUT2D eigenvalue weighted by Gasteiger charge is -2.37. The molecule has 3 atom stereocenters. The van der Waals surface area contributed by atoms with Gasteiger partial charge in [0.15, 0.2) is 0 Å². The largest absolute Gasteiger partial charge is 0.335 e. The standard InChI is InChI=1S/C15H22N2OS.ClH/c1-10-13-6-8-19-14(13)5-7-17(10)15(18)11-3-2-4-12(16)9-11;/h6,8,10-12H,2-5,7,9,16H2,1H3;1H. The Balaban J connectivity index is 0.00000147. The lowest BCUT2D eigenvalue weighted by atomic mass is 9.84. The van der Waals surface area contributed by atoms with Gasteiger partial charge in [0.05, 0.1) is 6.04 Å². The number of carbonyl (C=O) groups is 1. The first-order chi connectivity index (χ1) is 9.16. The third-order valence-corrected chi connectivity index (χ3v) is 5.62. The zero-order valence-corrected chi connectivity index (χ0v) is 13.5. The smallest absolute Gasteiger partial charge is 0.226 e. The van der Waals surface area contributed by atoms with Crippen molar-refractivity contribution in [1.82, 2.24) is 4.90 Å². The van der Waals surface area contributed by atoms with E-state index in [0.29, 0.717) is 5.91 Å². The van der Waals surface area contributed by atoms with Crippen molar-refractivity contribution in [2.24, 2.45) is 11.7 Å². The maximum absolute atomic E-state index is 12.7. The molecule has 1 aliphatic heterocycles. The van der Waals surface area contributed by atoms with Gasteiger partial charge in [-0.25, -0.2) is 0 Å². The molecule has 1 aromatic heterocycles. The first kappa shape index (κ1) is 15.8. The second-order valence-electron chi connectivity index (χ2n) is 5.88. The highest BCUT2D eigenvalue weighted by Gasteiger charge is 2.34. The van der Waals surface area contributed by atoms with Gasteiger partial charge in [-0.1, -0.05) is 6.42 Å². The van der Waals surface area contributed by atoms with Crippen molar-refractivity contribution in [3.05, 3.63) is 21.9 Å². The molecule has 1 amide bonds. The molecule has 112 valence electrons. The van der Waals surface area contributed by atoms with Crippen LogP contribution in [0.2, 0.25) is 0 Å². The van der Waals surface area contributed by atoms with Crippen molar-refractivity contribution >= 4 is 29.7 Å². The van der Waals surface area contributed by atoms with E-state index < -0.39 is 0 Å². The molecule has 1 fully saturated rings. The number of amides is 1. The van der Waals surface area contributed by atoms with Crippen LogP contribution < -0.4 is 5.73 Å². The van der Waals surface area contributed by atoms with Crippen molar-refractivity contribution in [1.29, 1.82) is 0 Å². The molecule has 5 heteroatoms. The lowest BCUT2D eigenvalue weighted by Crippen LogP contribution is -2.44. The zero-order chi connectivity index (χ0) is 13.4. The van der Waals surface area contributed by atoms with Crippen LogP contribution in [0.15, 0.2) is 11.4 Å². The predicted octanol–water partition coefficient (Wildman–Crippen LogP) is 3.13. The fraction of sp³-hybridized carbons (Fsp3) is 0.667. The summed E-state index contributed by atoms with van der Waals surface area (Å²) >= 11 is 1.82. The minimum absolute atomic E-state index is 0. The average Bonchev–Trinajstić information content (AvgIpc) is 2.88. The summed E-state index contributed by atoms with van der Waals surface area (Å²) in [5, 5.41) is 2.14. The van der Waals surface area contributed by atoms with Crippen LogP contribution in [0.25, 0.3) is 0 Å². The van der Waals surface area contributed by atoms with Gasteiger partial charge in [-0.15, -0.1) is 23.7 Å². The van der Waals surface area contributed by atoms with E-state index in [1.807, 2.05) is 11.3 Å². The minimum Gasteiger partial charge on any atom is -0.335 e. The van der Waals surface area contributed by atoms with Crippen LogP contribution in [0, 0.1) is 5.92 Å². The predicted molar refractivity (Wildman–Crippen MR) is 85.3 cm³/mol. The van der Waals surface area contributed by atoms with E-state index >= 15 is 0 Å². The summed E-state index contributed by atoms with van der Waals surface area (Å²) in [5.41, 5.74) is 7.37. The van der Waals surface area contributed by atoms with Gasteiger partial charge in [0, 0.05) is 23.4 Å². The van der Waals surface area contributed by atoms with Gasteiger partial charge in [-0.3, -0.25) is 4.79 Å². The highest BCUT2D eigenvalue weighted by molar-refractivity contribution is 7.10. The van der Waals surface area contributed by atoms with Gasteiger partial charge in [-0.2, -0.15) is 0 Å². The summed E-state index contributed by atoms with van der Waals surface area (Å²) in [7, 11) is 0. The number of nitrogens with two attached hydrogens (primary N) is 1. The summed E-state index contributed by atoms with van der Waals surface area (Å²) in [6, 6.07) is 2.64. The Kier molecular flexibility index (Phi) is 5.10. The van der Waals surface area contributed by atoms with E-state index in [1.54, 1.807) is 0 Å². The minimum atomic E-state index is 0. The van der Waals surface area contributed by atoms with Gasteiger partial charge in [-0.05, 0) is 49.6 Å². The monoisotopic (exact) mass is 314 g/mol. The van der Waals surface area contributed by atoms with Crippen LogP contribution in [0.3, 0.4) is 0 Å². The Labute approximate surface area is 130 Å². The van der Waals surface area contributed by atoms with E-state index in [2.05, 4.69) is 23.3 Å². The highest BCUT2D eigenvalue weighted by atomic mass is 35.5. The maximum atomic E-state index is 12.7. The molecule has 20 heavy (non-hydrogen) atoms. The lowest BCUT2D eigenvalue weighted by molar-refractivity contribution is -0.139. The second kappa shape index (κ2) is 6.46. The average molecular weight is 315 g/mol. The third-order valence-electron chi connectivity index (χ3n) is 4.62. The zero-order valence-electron chi connectivity index (χ0n) is 11.9. The van der Waals surface area contributed by atoms with Crippen molar-refractivity contribution in [2.75, 3.05) is 6.54 Å². The Bertz CT molecular complexity index is 476. The van der Waals surface area contributed by atoms with Crippen molar-refractivity contribution in [3.8, 4) is 0 Å². The molecular formula is C15H23ClN2OS. The van der Waals surface area contributed by atoms with Crippen molar-refractivity contribution in [3.63, 3.8) is 0 Å². The van der Waals surface area contributed by atoms with Crippen LogP contribution in [0.4, 0.5) is 0 Å². The van der Waals surface area contributed by atoms with Gasteiger partial charge in [0.1, 0.15) is 0 Å². The Morgan fingerprint density at radius 1 is 1.45 bits per heavy atom. The first-order valence-corrected chi connectivity index (χ1v) is 8.17. The molecule has 3 unspecified atom stereocenters. The van der Waals surface area contributed by atoms with Crippen LogP contribution in [0.5, 0.6) is 0 Å². The Morgan fingerprint density at radius 2 is 2.25 bits per heavy atom. The van der Waals surface area contributed by atoms with E-state index in [-0.39, 0.29) is 30.4 Å². The summed E-state index contributed by atoms with van der Waals surface area (Å²) in [6.45, 7) is 3.03. The molecule has 0 aromatic carbocycles. The summed E-state index contributed by atoms with van der Waals surface area (Å²) in [5.74, 6) is 0.492. The SMILES string of the molecule is CC1c2ccsc2CCN1C(=O)C1CCCC(N)C1.Cl. The number of hydrogen-bond donors (Lipinski definition) is 1. The van der Waals surface area contributed by atoms with E-state index in [4.69, 9.17) is 5.73 Å². The van der Waals surface area contributed by atoms with Gasteiger partial charge in [0.2, 0.25) is 5.91 Å². The molecule has 3 rings (SSSR count). The molecule has 3 nitrogen and oxygen atoms in total. The Hall–Kier alpha value is -0.580. The molecule has 2 N–H and O–H groups in total. The number of thiophene rings is 1. The summed E-state index contributed by atoms with van der Waals surface area (Å²) < 4.78 is 0. The van der Waals surface area contributed by atoms with E-state index in [1.165, 1.54) is 10.4 Å². The molecule has 2 heterocycles. The molecule has 0 spiro atoms. The van der Waals surface area contributed by atoms with Crippen LogP contribution in [0.1, 0.15) is 49.1 Å². The fourth-order valence-corrected chi connectivity index (χ4v) is 4.46. The molecule has 1 aromatic rings. The molecule has 0 saturated heterocycles. The maximum Gasteiger partial charge on any atom is 0.226 e. The first-order valence-electron chi connectivity index (χ1n) is 7.29. The number of nitrogens with zero attached hydrogens (tertiary/aromatic N) is 1. The van der Waals surface area contributed by atoms with Crippen LogP contribution >= 0.6 is 23.7 Å². The summed E-state index contributed by atoms with van der Waals surface area (Å²) in [6.07, 6.45) is 5.09. The molecule has 1 aliphatic carbocycles. The molecular weight excluding hydrogens is 292 g/mol. The number of rotatable bonds is 1. The topological polar surface area (TPSA) is 46.3 Å². The van der Waals surface area contributed by atoms with E-state index in [0.717, 1.165) is 38.6 Å². The third kappa shape index (κ3) is 2.87. The highest BCUT2D eigenvalue weighted by Crippen LogP contribution is 2.35. The second-order valence-corrected chi connectivity index (χ2v) is 6.88.